The van der Waals surface area contributed by atoms with Gasteiger partial charge in [-0.2, -0.15) is 0 Å². The lowest BCUT2D eigenvalue weighted by Gasteiger charge is -2.15. The number of allylic oxidation sites excluding steroid dienone is 4. The van der Waals surface area contributed by atoms with Crippen LogP contribution in [0.2, 0.25) is 0 Å². The molecule has 0 heterocycles. The van der Waals surface area contributed by atoms with Crippen LogP contribution in [-0.2, 0) is 19.1 Å². The van der Waals surface area contributed by atoms with Crippen LogP contribution in [0.5, 0.6) is 0 Å². The molecular formula is C43H80O5. The summed E-state index contributed by atoms with van der Waals surface area (Å²) in [6.07, 6.45) is 46.7. The van der Waals surface area contributed by atoms with Crippen molar-refractivity contribution in [2.45, 2.75) is 225 Å². The van der Waals surface area contributed by atoms with Crippen molar-refractivity contribution in [3.05, 3.63) is 24.3 Å². The Labute approximate surface area is 298 Å². The third-order valence-corrected chi connectivity index (χ3v) is 9.25. The Morgan fingerprint density at radius 3 is 1.23 bits per heavy atom. The van der Waals surface area contributed by atoms with E-state index < -0.39 is 6.10 Å². The molecule has 0 fully saturated rings. The molecule has 0 saturated heterocycles. The van der Waals surface area contributed by atoms with Gasteiger partial charge in [-0.05, 0) is 44.9 Å². The highest BCUT2D eigenvalue weighted by Gasteiger charge is 2.16. The number of hydrogen-bond donors (Lipinski definition) is 1. The molecule has 1 atom stereocenters. The van der Waals surface area contributed by atoms with E-state index in [9.17, 15) is 14.7 Å². The fourth-order valence-electron chi connectivity index (χ4n) is 6.06. The first kappa shape index (κ1) is 46.4. The van der Waals surface area contributed by atoms with Crippen molar-refractivity contribution in [3.8, 4) is 0 Å². The zero-order valence-electron chi connectivity index (χ0n) is 32.0. The maximum Gasteiger partial charge on any atom is 0.306 e. The summed E-state index contributed by atoms with van der Waals surface area (Å²) in [5.41, 5.74) is 0. The zero-order chi connectivity index (χ0) is 35.0. The van der Waals surface area contributed by atoms with E-state index >= 15 is 0 Å². The molecule has 0 aliphatic carbocycles. The molecule has 0 bridgehead atoms. The molecule has 0 aromatic carbocycles. The van der Waals surface area contributed by atoms with Crippen molar-refractivity contribution in [1.82, 2.24) is 0 Å². The van der Waals surface area contributed by atoms with E-state index in [-0.39, 0.29) is 25.2 Å². The van der Waals surface area contributed by atoms with Crippen LogP contribution in [0.1, 0.15) is 219 Å². The van der Waals surface area contributed by atoms with E-state index in [0.29, 0.717) is 12.8 Å². The second kappa shape index (κ2) is 39.8. The predicted molar refractivity (Wildman–Crippen MR) is 205 cm³/mol. The minimum absolute atomic E-state index is 0.0630. The van der Waals surface area contributed by atoms with Crippen LogP contribution < -0.4 is 0 Å². The van der Waals surface area contributed by atoms with Crippen LogP contribution in [0.15, 0.2) is 24.3 Å². The molecule has 48 heavy (non-hydrogen) atoms. The zero-order valence-corrected chi connectivity index (χ0v) is 32.0. The van der Waals surface area contributed by atoms with Gasteiger partial charge >= 0.3 is 11.9 Å². The molecule has 0 aromatic heterocycles. The SMILES string of the molecule is CCCCCCC/C=C\C/C=C\CCCCCCCCCCCC(=O)OC(CO)COC(=O)CCCCCCCCCCCCCCC. The van der Waals surface area contributed by atoms with Gasteiger partial charge in [0.15, 0.2) is 6.10 Å². The highest BCUT2D eigenvalue weighted by Crippen LogP contribution is 2.15. The minimum Gasteiger partial charge on any atom is -0.462 e. The van der Waals surface area contributed by atoms with Gasteiger partial charge in [-0.3, -0.25) is 9.59 Å². The van der Waals surface area contributed by atoms with Crippen LogP contribution in [0.4, 0.5) is 0 Å². The highest BCUT2D eigenvalue weighted by molar-refractivity contribution is 5.70. The fraction of sp³-hybridized carbons (Fsp3) is 0.860. The molecule has 0 aliphatic heterocycles. The number of carbonyl (C=O) groups excluding carboxylic acids is 2. The minimum atomic E-state index is -0.768. The smallest absolute Gasteiger partial charge is 0.306 e. The van der Waals surface area contributed by atoms with Crippen molar-refractivity contribution in [2.24, 2.45) is 0 Å². The molecule has 282 valence electrons. The van der Waals surface area contributed by atoms with E-state index in [0.717, 1.165) is 44.9 Å². The Balaban J connectivity index is 3.52. The molecule has 0 spiro atoms. The van der Waals surface area contributed by atoms with Gasteiger partial charge in [0.1, 0.15) is 6.61 Å². The van der Waals surface area contributed by atoms with Crippen molar-refractivity contribution < 1.29 is 24.2 Å². The normalized spacial score (nSPS) is 12.3. The second-order valence-corrected chi connectivity index (χ2v) is 14.1. The average Bonchev–Trinajstić information content (AvgIpc) is 3.09. The van der Waals surface area contributed by atoms with Crippen molar-refractivity contribution in [3.63, 3.8) is 0 Å². The number of unbranched alkanes of at least 4 members (excludes halogenated alkanes) is 26. The number of carbonyl (C=O) groups is 2. The molecule has 0 aliphatic rings. The molecule has 0 saturated carbocycles. The number of hydrogen-bond acceptors (Lipinski definition) is 5. The van der Waals surface area contributed by atoms with Gasteiger partial charge in [0.2, 0.25) is 0 Å². The lowest BCUT2D eigenvalue weighted by atomic mass is 10.0. The summed E-state index contributed by atoms with van der Waals surface area (Å²) < 4.78 is 10.6. The number of esters is 2. The number of aliphatic hydroxyl groups is 1. The Kier molecular flexibility index (Phi) is 38.5. The van der Waals surface area contributed by atoms with Crippen molar-refractivity contribution in [1.29, 1.82) is 0 Å². The van der Waals surface area contributed by atoms with E-state index in [1.807, 2.05) is 0 Å². The third-order valence-electron chi connectivity index (χ3n) is 9.25. The second-order valence-electron chi connectivity index (χ2n) is 14.1. The molecular weight excluding hydrogens is 596 g/mol. The predicted octanol–water partition coefficient (Wildman–Crippen LogP) is 13.1. The van der Waals surface area contributed by atoms with Crippen LogP contribution in [-0.4, -0.2) is 36.4 Å². The Morgan fingerprint density at radius 1 is 0.479 bits per heavy atom. The fourth-order valence-corrected chi connectivity index (χ4v) is 6.06. The van der Waals surface area contributed by atoms with E-state index in [1.54, 1.807) is 0 Å². The highest BCUT2D eigenvalue weighted by atomic mass is 16.6. The number of ether oxygens (including phenoxy) is 2. The van der Waals surface area contributed by atoms with Gasteiger partial charge in [0.25, 0.3) is 0 Å². The topological polar surface area (TPSA) is 72.8 Å². The first-order valence-electron chi connectivity index (χ1n) is 20.9. The summed E-state index contributed by atoms with van der Waals surface area (Å²) in [7, 11) is 0. The standard InChI is InChI=1S/C43H80O5/c1-3-5-7-9-11-13-15-17-18-19-20-21-22-23-24-26-28-30-32-34-36-38-43(46)48-41(39-44)40-47-42(45)37-35-33-31-29-27-25-16-14-12-10-8-6-4-2/h15,17,19-20,41,44H,3-14,16,18,21-40H2,1-2H3/b17-15-,20-19-. The van der Waals surface area contributed by atoms with Crippen LogP contribution in [0, 0.1) is 0 Å². The molecule has 1 N–H and O–H groups in total. The summed E-state index contributed by atoms with van der Waals surface area (Å²) in [5.74, 6) is -0.587. The summed E-state index contributed by atoms with van der Waals surface area (Å²) in [5, 5.41) is 9.56. The lowest BCUT2D eigenvalue weighted by Crippen LogP contribution is -2.28. The van der Waals surface area contributed by atoms with Gasteiger partial charge in [0, 0.05) is 12.8 Å². The maximum absolute atomic E-state index is 12.2. The molecule has 5 nitrogen and oxygen atoms in total. The Morgan fingerprint density at radius 2 is 0.833 bits per heavy atom. The van der Waals surface area contributed by atoms with E-state index in [2.05, 4.69) is 38.2 Å². The van der Waals surface area contributed by atoms with Gasteiger partial charge in [0.05, 0.1) is 6.61 Å². The Hall–Kier alpha value is -1.62. The lowest BCUT2D eigenvalue weighted by molar-refractivity contribution is -0.161. The first-order valence-corrected chi connectivity index (χ1v) is 20.9. The largest absolute Gasteiger partial charge is 0.462 e. The summed E-state index contributed by atoms with van der Waals surface area (Å²) in [6.45, 7) is 4.14. The van der Waals surface area contributed by atoms with Crippen LogP contribution >= 0.6 is 0 Å². The van der Waals surface area contributed by atoms with Crippen molar-refractivity contribution >= 4 is 11.9 Å². The van der Waals surface area contributed by atoms with Gasteiger partial charge < -0.3 is 14.6 Å². The van der Waals surface area contributed by atoms with Gasteiger partial charge in [-0.1, -0.05) is 186 Å². The number of rotatable bonds is 38. The summed E-state index contributed by atoms with van der Waals surface area (Å²) >= 11 is 0. The van der Waals surface area contributed by atoms with Crippen LogP contribution in [0.3, 0.4) is 0 Å². The quantitative estimate of drug-likeness (QED) is 0.0400. The molecule has 0 radical (unpaired) electrons. The molecule has 5 heteroatoms. The molecule has 0 rings (SSSR count). The molecule has 1 unspecified atom stereocenters. The van der Waals surface area contributed by atoms with Crippen molar-refractivity contribution in [2.75, 3.05) is 13.2 Å². The summed E-state index contributed by atoms with van der Waals surface area (Å²) in [6, 6.07) is 0. The third kappa shape index (κ3) is 37.2. The van der Waals surface area contributed by atoms with Gasteiger partial charge in [-0.25, -0.2) is 0 Å². The molecule has 0 amide bonds. The monoisotopic (exact) mass is 677 g/mol. The first-order chi connectivity index (χ1) is 23.6. The van der Waals surface area contributed by atoms with E-state index in [4.69, 9.17) is 9.47 Å². The maximum atomic E-state index is 12.2. The Bertz CT molecular complexity index is 731. The summed E-state index contributed by atoms with van der Waals surface area (Å²) in [4.78, 5) is 24.3. The van der Waals surface area contributed by atoms with Gasteiger partial charge in [-0.15, -0.1) is 0 Å². The average molecular weight is 677 g/mol. The van der Waals surface area contributed by atoms with E-state index in [1.165, 1.54) is 148 Å². The number of aliphatic hydroxyl groups excluding tert-OH is 1. The van der Waals surface area contributed by atoms with Crippen LogP contribution in [0.25, 0.3) is 0 Å². The molecule has 0 aromatic rings.